The molecule has 2 unspecified atom stereocenters. The standard InChI is InChI=1S/C14H19N3O/c1-10(8-15)9-17(3)14(18)11(2)12-5-4-6-13(16)7-12/h4-7,10-11H,9,16H2,1-3H3. The van der Waals surface area contributed by atoms with E-state index in [0.717, 1.165) is 5.56 Å². The second-order valence-electron chi connectivity index (χ2n) is 4.64. The molecular formula is C14H19N3O. The molecule has 0 saturated carbocycles. The molecule has 4 nitrogen and oxygen atoms in total. The monoisotopic (exact) mass is 245 g/mol. The van der Waals surface area contributed by atoms with Crippen molar-refractivity contribution in [3.05, 3.63) is 29.8 Å². The fourth-order valence-electron chi connectivity index (χ4n) is 1.84. The van der Waals surface area contributed by atoms with Crippen LogP contribution in [0.15, 0.2) is 24.3 Å². The highest BCUT2D eigenvalue weighted by atomic mass is 16.2. The summed E-state index contributed by atoms with van der Waals surface area (Å²) in [6.45, 7) is 4.10. The molecule has 0 aliphatic heterocycles. The smallest absolute Gasteiger partial charge is 0.229 e. The molecule has 1 rings (SSSR count). The van der Waals surface area contributed by atoms with Crippen LogP contribution >= 0.6 is 0 Å². The third kappa shape index (κ3) is 3.49. The maximum Gasteiger partial charge on any atom is 0.229 e. The molecule has 0 heterocycles. The number of nitrogens with two attached hydrogens (primary N) is 1. The predicted molar refractivity (Wildman–Crippen MR) is 71.7 cm³/mol. The van der Waals surface area contributed by atoms with E-state index in [0.29, 0.717) is 12.2 Å². The highest BCUT2D eigenvalue weighted by Gasteiger charge is 2.20. The van der Waals surface area contributed by atoms with Crippen LogP contribution in [0.25, 0.3) is 0 Å². The predicted octanol–water partition coefficient (Wildman–Crippen LogP) is 1.99. The highest BCUT2D eigenvalue weighted by Crippen LogP contribution is 2.20. The van der Waals surface area contributed by atoms with Crippen LogP contribution in [0.2, 0.25) is 0 Å². The number of carbonyl (C=O) groups excluding carboxylic acids is 1. The number of nitriles is 1. The fraction of sp³-hybridized carbons (Fsp3) is 0.429. The summed E-state index contributed by atoms with van der Waals surface area (Å²) >= 11 is 0. The zero-order valence-corrected chi connectivity index (χ0v) is 11.1. The van der Waals surface area contributed by atoms with Gasteiger partial charge < -0.3 is 10.6 Å². The van der Waals surface area contributed by atoms with E-state index in [-0.39, 0.29) is 17.7 Å². The lowest BCUT2D eigenvalue weighted by Gasteiger charge is -2.22. The lowest BCUT2D eigenvalue weighted by molar-refractivity contribution is -0.131. The number of amides is 1. The average Bonchev–Trinajstić information content (AvgIpc) is 2.36. The molecule has 0 aliphatic rings. The molecule has 2 N–H and O–H groups in total. The molecule has 0 fully saturated rings. The molecule has 0 aliphatic carbocycles. The number of hydrogen-bond donors (Lipinski definition) is 1. The van der Waals surface area contributed by atoms with E-state index in [1.54, 1.807) is 24.9 Å². The summed E-state index contributed by atoms with van der Waals surface area (Å²) in [5.74, 6) is -0.404. The summed E-state index contributed by atoms with van der Waals surface area (Å²) in [4.78, 5) is 13.8. The number of anilines is 1. The van der Waals surface area contributed by atoms with E-state index in [4.69, 9.17) is 11.0 Å². The van der Waals surface area contributed by atoms with E-state index < -0.39 is 0 Å². The fourth-order valence-corrected chi connectivity index (χ4v) is 1.84. The van der Waals surface area contributed by atoms with Crippen molar-refractivity contribution in [3.8, 4) is 6.07 Å². The minimum Gasteiger partial charge on any atom is -0.399 e. The Bertz CT molecular complexity index is 464. The first-order valence-electron chi connectivity index (χ1n) is 5.95. The van der Waals surface area contributed by atoms with Gasteiger partial charge >= 0.3 is 0 Å². The van der Waals surface area contributed by atoms with Crippen molar-refractivity contribution in [2.75, 3.05) is 19.3 Å². The highest BCUT2D eigenvalue weighted by molar-refractivity contribution is 5.83. The molecule has 96 valence electrons. The SMILES string of the molecule is CC(C#N)CN(C)C(=O)C(C)c1cccc(N)c1. The third-order valence-corrected chi connectivity index (χ3v) is 2.93. The first-order chi connectivity index (χ1) is 8.45. The summed E-state index contributed by atoms with van der Waals surface area (Å²) in [5.41, 5.74) is 7.26. The van der Waals surface area contributed by atoms with Gasteiger partial charge in [0.1, 0.15) is 0 Å². The topological polar surface area (TPSA) is 70.1 Å². The molecule has 0 spiro atoms. The number of likely N-dealkylation sites (N-methyl/N-ethyl adjacent to an activating group) is 1. The number of benzene rings is 1. The van der Waals surface area contributed by atoms with Crippen LogP contribution in [0, 0.1) is 17.2 Å². The molecule has 1 amide bonds. The van der Waals surface area contributed by atoms with Crippen molar-refractivity contribution in [2.45, 2.75) is 19.8 Å². The van der Waals surface area contributed by atoms with E-state index >= 15 is 0 Å². The Kier molecular flexibility index (Phi) is 4.73. The van der Waals surface area contributed by atoms with Gasteiger partial charge in [-0.25, -0.2) is 0 Å². The van der Waals surface area contributed by atoms with Crippen LogP contribution in [0.1, 0.15) is 25.3 Å². The Morgan fingerprint density at radius 2 is 2.17 bits per heavy atom. The van der Waals surface area contributed by atoms with Gasteiger partial charge in [0.2, 0.25) is 5.91 Å². The third-order valence-electron chi connectivity index (χ3n) is 2.93. The summed E-state index contributed by atoms with van der Waals surface area (Å²) in [5, 5.41) is 8.75. The maximum atomic E-state index is 12.2. The molecule has 0 radical (unpaired) electrons. The van der Waals surface area contributed by atoms with Gasteiger partial charge in [0.25, 0.3) is 0 Å². The van der Waals surface area contributed by atoms with Crippen molar-refractivity contribution in [3.63, 3.8) is 0 Å². The summed E-state index contributed by atoms with van der Waals surface area (Å²) in [7, 11) is 1.72. The number of hydrogen-bond acceptors (Lipinski definition) is 3. The zero-order chi connectivity index (χ0) is 13.7. The molecule has 0 saturated heterocycles. The van der Waals surface area contributed by atoms with Crippen LogP contribution in [0.4, 0.5) is 5.69 Å². The second kappa shape index (κ2) is 6.06. The van der Waals surface area contributed by atoms with Gasteiger partial charge in [-0.2, -0.15) is 5.26 Å². The number of nitrogen functional groups attached to an aromatic ring is 1. The van der Waals surface area contributed by atoms with E-state index in [9.17, 15) is 4.79 Å². The normalized spacial score (nSPS) is 13.4. The lowest BCUT2D eigenvalue weighted by atomic mass is 9.99. The van der Waals surface area contributed by atoms with Crippen molar-refractivity contribution in [1.82, 2.24) is 4.90 Å². The average molecular weight is 245 g/mol. The Morgan fingerprint density at radius 3 is 2.72 bits per heavy atom. The second-order valence-corrected chi connectivity index (χ2v) is 4.64. The van der Waals surface area contributed by atoms with Gasteiger partial charge in [-0.1, -0.05) is 12.1 Å². The van der Waals surface area contributed by atoms with Gasteiger partial charge in [-0.05, 0) is 31.5 Å². The molecule has 1 aromatic carbocycles. The number of carbonyl (C=O) groups is 1. The Morgan fingerprint density at radius 1 is 1.50 bits per heavy atom. The Balaban J connectivity index is 2.75. The van der Waals surface area contributed by atoms with Gasteiger partial charge in [0, 0.05) is 19.3 Å². The maximum absolute atomic E-state index is 12.2. The van der Waals surface area contributed by atoms with Crippen molar-refractivity contribution >= 4 is 11.6 Å². The number of nitrogens with zero attached hydrogens (tertiary/aromatic N) is 2. The van der Waals surface area contributed by atoms with Crippen molar-refractivity contribution < 1.29 is 4.79 Å². The van der Waals surface area contributed by atoms with E-state index in [2.05, 4.69) is 6.07 Å². The Labute approximate surface area is 108 Å². The molecule has 0 aromatic heterocycles. The summed E-state index contributed by atoms with van der Waals surface area (Å²) < 4.78 is 0. The van der Waals surface area contributed by atoms with Crippen LogP contribution in [0.3, 0.4) is 0 Å². The first-order valence-corrected chi connectivity index (χ1v) is 5.95. The molecule has 18 heavy (non-hydrogen) atoms. The van der Waals surface area contributed by atoms with Crippen molar-refractivity contribution in [2.24, 2.45) is 5.92 Å². The van der Waals surface area contributed by atoms with Crippen LogP contribution in [-0.2, 0) is 4.79 Å². The van der Waals surface area contributed by atoms with Crippen molar-refractivity contribution in [1.29, 1.82) is 5.26 Å². The largest absolute Gasteiger partial charge is 0.399 e. The van der Waals surface area contributed by atoms with Gasteiger partial charge in [0.15, 0.2) is 0 Å². The lowest BCUT2D eigenvalue weighted by Crippen LogP contribution is -2.33. The van der Waals surface area contributed by atoms with Crippen LogP contribution in [0.5, 0.6) is 0 Å². The Hall–Kier alpha value is -2.02. The van der Waals surface area contributed by atoms with Gasteiger partial charge in [0.05, 0.1) is 17.9 Å². The first kappa shape index (κ1) is 14.0. The molecule has 2 atom stereocenters. The molecular weight excluding hydrogens is 226 g/mol. The molecule has 1 aromatic rings. The van der Waals surface area contributed by atoms with E-state index in [1.807, 2.05) is 25.1 Å². The van der Waals surface area contributed by atoms with Crippen LogP contribution < -0.4 is 5.73 Å². The van der Waals surface area contributed by atoms with Gasteiger partial charge in [-0.3, -0.25) is 4.79 Å². The van der Waals surface area contributed by atoms with E-state index in [1.165, 1.54) is 0 Å². The minimum absolute atomic E-state index is 0.00250. The molecule has 0 bridgehead atoms. The summed E-state index contributed by atoms with van der Waals surface area (Å²) in [6.07, 6.45) is 0. The quantitative estimate of drug-likeness (QED) is 0.825. The molecule has 4 heteroatoms. The zero-order valence-electron chi connectivity index (χ0n) is 11.1. The minimum atomic E-state index is -0.246. The van der Waals surface area contributed by atoms with Crippen LogP contribution in [-0.4, -0.2) is 24.4 Å². The van der Waals surface area contributed by atoms with Gasteiger partial charge in [-0.15, -0.1) is 0 Å². The number of rotatable bonds is 4. The summed E-state index contributed by atoms with van der Waals surface area (Å²) in [6, 6.07) is 9.46.